The molecule has 0 unspecified atom stereocenters. The second kappa shape index (κ2) is 6.54. The average molecular weight is 362 g/mol. The predicted octanol–water partition coefficient (Wildman–Crippen LogP) is 4.02. The van der Waals surface area contributed by atoms with Gasteiger partial charge < -0.3 is 10.2 Å². The number of rotatable bonds is 5. The lowest BCUT2D eigenvalue weighted by atomic mass is 10.4. The molecule has 2 heterocycles. The van der Waals surface area contributed by atoms with Crippen molar-refractivity contribution in [3.05, 3.63) is 32.1 Å². The van der Waals surface area contributed by atoms with Gasteiger partial charge in [0.1, 0.15) is 22.4 Å². The van der Waals surface area contributed by atoms with Crippen LogP contribution in [0.1, 0.15) is 11.8 Å². The highest BCUT2D eigenvalue weighted by molar-refractivity contribution is 9.10. The molecule has 0 aliphatic rings. The Hall–Kier alpha value is -0.850. The minimum absolute atomic E-state index is 0.762. The molecule has 2 rings (SSSR count). The van der Waals surface area contributed by atoms with E-state index < -0.39 is 0 Å². The molecular formula is C12H14BrClN4S. The molecule has 2 aromatic heterocycles. The van der Waals surface area contributed by atoms with Crippen LogP contribution in [0.2, 0.25) is 4.34 Å². The third-order valence-electron chi connectivity index (χ3n) is 2.50. The Labute approximate surface area is 130 Å². The number of nitrogens with one attached hydrogen (secondary N) is 1. The van der Waals surface area contributed by atoms with Gasteiger partial charge in [-0.05, 0) is 35.0 Å². The normalized spacial score (nSPS) is 10.5. The maximum atomic E-state index is 5.94. The Balaban J connectivity index is 2.18. The topological polar surface area (TPSA) is 41.1 Å². The minimum atomic E-state index is 0.762. The molecule has 0 atom stereocenters. The smallest absolute Gasteiger partial charge is 0.148 e. The summed E-state index contributed by atoms with van der Waals surface area (Å²) in [5.74, 6) is 1.67. The van der Waals surface area contributed by atoms with E-state index in [-0.39, 0.29) is 0 Å². The molecule has 1 N–H and O–H groups in total. The number of thiophene rings is 1. The molecule has 2 aromatic rings. The first kappa shape index (κ1) is 14.6. The third kappa shape index (κ3) is 3.58. The highest BCUT2D eigenvalue weighted by Gasteiger charge is 2.13. The van der Waals surface area contributed by atoms with E-state index in [0.717, 1.165) is 33.5 Å². The summed E-state index contributed by atoms with van der Waals surface area (Å²) in [5, 5.41) is 3.20. The van der Waals surface area contributed by atoms with E-state index in [0.29, 0.717) is 0 Å². The van der Waals surface area contributed by atoms with Crippen LogP contribution in [0.15, 0.2) is 22.9 Å². The molecule has 4 nitrogen and oxygen atoms in total. The van der Waals surface area contributed by atoms with Crippen molar-refractivity contribution >= 4 is 50.5 Å². The van der Waals surface area contributed by atoms with E-state index in [9.17, 15) is 0 Å². The van der Waals surface area contributed by atoms with Gasteiger partial charge in [-0.15, -0.1) is 11.3 Å². The summed E-state index contributed by atoms with van der Waals surface area (Å²) in [6.45, 7) is 3.61. The number of halogens is 2. The van der Waals surface area contributed by atoms with E-state index in [2.05, 4.69) is 36.1 Å². The van der Waals surface area contributed by atoms with Crippen LogP contribution in [-0.2, 0) is 6.54 Å². The summed E-state index contributed by atoms with van der Waals surface area (Å²) in [6, 6.07) is 3.94. The maximum absolute atomic E-state index is 5.94. The van der Waals surface area contributed by atoms with Crippen molar-refractivity contribution in [2.24, 2.45) is 0 Å². The Morgan fingerprint density at radius 3 is 2.84 bits per heavy atom. The summed E-state index contributed by atoms with van der Waals surface area (Å²) in [4.78, 5) is 11.8. The lowest BCUT2D eigenvalue weighted by Gasteiger charge is -2.19. The zero-order chi connectivity index (χ0) is 13.8. The quantitative estimate of drug-likeness (QED) is 0.873. The zero-order valence-electron chi connectivity index (χ0n) is 10.7. The van der Waals surface area contributed by atoms with E-state index in [4.69, 9.17) is 11.6 Å². The minimum Gasteiger partial charge on any atom is -0.369 e. The second-order valence-electron chi connectivity index (χ2n) is 3.95. The van der Waals surface area contributed by atoms with Crippen molar-refractivity contribution in [1.29, 1.82) is 0 Å². The molecule has 0 spiro atoms. The molecule has 0 amide bonds. The molecule has 102 valence electrons. The lowest BCUT2D eigenvalue weighted by Crippen LogP contribution is -2.18. The Bertz CT molecular complexity index is 560. The SMILES string of the molecule is CCNc1ncnc(N(C)Cc2ccc(Cl)s2)c1Br. The van der Waals surface area contributed by atoms with Crippen molar-refractivity contribution in [1.82, 2.24) is 9.97 Å². The number of hydrogen-bond acceptors (Lipinski definition) is 5. The monoisotopic (exact) mass is 360 g/mol. The molecule has 0 saturated heterocycles. The highest BCUT2D eigenvalue weighted by Crippen LogP contribution is 2.30. The van der Waals surface area contributed by atoms with Gasteiger partial charge in [-0.1, -0.05) is 11.6 Å². The lowest BCUT2D eigenvalue weighted by molar-refractivity contribution is 0.898. The van der Waals surface area contributed by atoms with Crippen LogP contribution in [0.5, 0.6) is 0 Å². The third-order valence-corrected chi connectivity index (χ3v) is 4.44. The summed E-state index contributed by atoms with van der Waals surface area (Å²) in [6.07, 6.45) is 1.57. The second-order valence-corrected chi connectivity index (χ2v) is 6.54. The average Bonchev–Trinajstić information content (AvgIpc) is 2.77. The van der Waals surface area contributed by atoms with E-state index in [1.807, 2.05) is 26.1 Å². The van der Waals surface area contributed by atoms with Crippen LogP contribution >= 0.6 is 38.9 Å². The maximum Gasteiger partial charge on any atom is 0.148 e. The first-order valence-electron chi connectivity index (χ1n) is 5.81. The van der Waals surface area contributed by atoms with Gasteiger partial charge in [0, 0.05) is 18.5 Å². The number of hydrogen-bond donors (Lipinski definition) is 1. The fraction of sp³-hybridized carbons (Fsp3) is 0.333. The van der Waals surface area contributed by atoms with Crippen molar-refractivity contribution in [3.8, 4) is 0 Å². The van der Waals surface area contributed by atoms with Gasteiger partial charge in [0.25, 0.3) is 0 Å². The highest BCUT2D eigenvalue weighted by atomic mass is 79.9. The fourth-order valence-electron chi connectivity index (χ4n) is 1.66. The fourth-order valence-corrected chi connectivity index (χ4v) is 3.45. The van der Waals surface area contributed by atoms with Gasteiger partial charge in [0.05, 0.1) is 10.9 Å². The first-order chi connectivity index (χ1) is 9.11. The van der Waals surface area contributed by atoms with Crippen molar-refractivity contribution in [3.63, 3.8) is 0 Å². The molecular weight excluding hydrogens is 348 g/mol. The summed E-state index contributed by atoms with van der Waals surface area (Å²) in [7, 11) is 2.00. The molecule has 0 bridgehead atoms. The first-order valence-corrected chi connectivity index (χ1v) is 7.80. The van der Waals surface area contributed by atoms with E-state index >= 15 is 0 Å². The van der Waals surface area contributed by atoms with Gasteiger partial charge in [-0.25, -0.2) is 9.97 Å². The van der Waals surface area contributed by atoms with Crippen LogP contribution in [0, 0.1) is 0 Å². The molecule has 0 aliphatic heterocycles. The van der Waals surface area contributed by atoms with Crippen LogP contribution < -0.4 is 10.2 Å². The summed E-state index contributed by atoms with van der Waals surface area (Å²) >= 11 is 11.1. The van der Waals surface area contributed by atoms with Crippen LogP contribution in [0.4, 0.5) is 11.6 Å². The Morgan fingerprint density at radius 2 is 2.21 bits per heavy atom. The van der Waals surface area contributed by atoms with Crippen LogP contribution in [-0.4, -0.2) is 23.6 Å². The number of aromatic nitrogens is 2. The number of anilines is 2. The molecule has 0 saturated carbocycles. The summed E-state index contributed by atoms with van der Waals surface area (Å²) in [5.41, 5.74) is 0. The standard InChI is InChI=1S/C12H14BrClN4S/c1-3-15-11-10(13)12(17-7-16-11)18(2)6-8-4-5-9(14)19-8/h4-5,7H,3,6H2,1-2H3,(H,15,16,17). The molecule has 0 fully saturated rings. The largest absolute Gasteiger partial charge is 0.369 e. The van der Waals surface area contributed by atoms with Crippen molar-refractivity contribution in [2.45, 2.75) is 13.5 Å². The molecule has 0 aromatic carbocycles. The van der Waals surface area contributed by atoms with E-state index in [1.165, 1.54) is 4.88 Å². The molecule has 0 aliphatic carbocycles. The zero-order valence-corrected chi connectivity index (χ0v) is 13.8. The van der Waals surface area contributed by atoms with Gasteiger partial charge in [0.2, 0.25) is 0 Å². The van der Waals surface area contributed by atoms with Crippen molar-refractivity contribution in [2.75, 3.05) is 23.8 Å². The van der Waals surface area contributed by atoms with Crippen LogP contribution in [0.25, 0.3) is 0 Å². The Morgan fingerprint density at radius 1 is 1.42 bits per heavy atom. The van der Waals surface area contributed by atoms with Crippen molar-refractivity contribution < 1.29 is 0 Å². The molecule has 7 heteroatoms. The summed E-state index contributed by atoms with van der Waals surface area (Å²) < 4.78 is 1.68. The van der Waals surface area contributed by atoms with E-state index in [1.54, 1.807) is 17.7 Å². The van der Waals surface area contributed by atoms with Crippen LogP contribution in [0.3, 0.4) is 0 Å². The Kier molecular flexibility index (Phi) is 5.01. The van der Waals surface area contributed by atoms with Gasteiger partial charge >= 0.3 is 0 Å². The van der Waals surface area contributed by atoms with Gasteiger partial charge in [0.15, 0.2) is 0 Å². The predicted molar refractivity (Wildman–Crippen MR) is 85.3 cm³/mol. The molecule has 0 radical (unpaired) electrons. The van der Waals surface area contributed by atoms with Gasteiger partial charge in [-0.3, -0.25) is 0 Å². The number of nitrogens with zero attached hydrogens (tertiary/aromatic N) is 3. The molecule has 19 heavy (non-hydrogen) atoms. The van der Waals surface area contributed by atoms with Gasteiger partial charge in [-0.2, -0.15) is 0 Å².